The van der Waals surface area contributed by atoms with Crippen LogP contribution in [0.1, 0.15) is 19.3 Å². The second-order valence-electron chi connectivity index (χ2n) is 8.19. The number of allylic oxidation sites excluding steroid dienone is 1. The van der Waals surface area contributed by atoms with Crippen molar-refractivity contribution >= 4 is 15.9 Å². The Bertz CT molecular complexity index is 911. The number of ether oxygens (including phenoxy) is 3. The minimum absolute atomic E-state index is 0.0452. The highest BCUT2D eigenvalue weighted by molar-refractivity contribution is 7.89. The smallest absolute Gasteiger partial charge is 0.288 e. The van der Waals surface area contributed by atoms with E-state index >= 15 is 0 Å². The summed E-state index contributed by atoms with van der Waals surface area (Å²) in [6.45, 7) is -0.258. The summed E-state index contributed by atoms with van der Waals surface area (Å²) < 4.78 is 43.9. The number of aliphatic hydroxyl groups excluding tert-OH is 1. The number of sulfonamides is 1. The van der Waals surface area contributed by atoms with E-state index in [1.807, 2.05) is 6.08 Å². The Labute approximate surface area is 189 Å². The van der Waals surface area contributed by atoms with Crippen molar-refractivity contribution in [2.75, 3.05) is 47.5 Å². The molecular formula is C22H32N2O7S. The molecule has 0 radical (unpaired) electrons. The molecule has 3 rings (SSSR count). The van der Waals surface area contributed by atoms with Gasteiger partial charge in [0.1, 0.15) is 5.75 Å². The second-order valence-corrected chi connectivity index (χ2v) is 10.1. The van der Waals surface area contributed by atoms with E-state index in [0.29, 0.717) is 18.1 Å². The van der Waals surface area contributed by atoms with Gasteiger partial charge < -0.3 is 24.2 Å². The summed E-state index contributed by atoms with van der Waals surface area (Å²) in [5.74, 6) is 1.37. The van der Waals surface area contributed by atoms with Gasteiger partial charge in [0.2, 0.25) is 16.3 Å². The first-order valence-corrected chi connectivity index (χ1v) is 12.2. The van der Waals surface area contributed by atoms with E-state index in [-0.39, 0.29) is 48.8 Å². The quantitative estimate of drug-likeness (QED) is 0.524. The van der Waals surface area contributed by atoms with E-state index in [4.69, 9.17) is 14.2 Å². The molecule has 0 unspecified atom stereocenters. The van der Waals surface area contributed by atoms with Crippen molar-refractivity contribution in [2.45, 2.75) is 30.4 Å². The highest BCUT2D eigenvalue weighted by Crippen LogP contribution is 2.42. The predicted octanol–water partition coefficient (Wildman–Crippen LogP) is 1.44. The molecule has 1 aliphatic carbocycles. The first-order valence-electron chi connectivity index (χ1n) is 10.7. The average molecular weight is 469 g/mol. The molecule has 1 saturated carbocycles. The lowest BCUT2D eigenvalue weighted by Crippen LogP contribution is -2.38. The number of carbonyl (C=O) groups excluding carboxylic acids is 1. The number of amides is 1. The number of nitrogens with zero attached hydrogens (tertiary/aromatic N) is 2. The number of aliphatic hydroxyl groups is 1. The Kier molecular flexibility index (Phi) is 8.16. The van der Waals surface area contributed by atoms with Crippen molar-refractivity contribution in [2.24, 2.45) is 11.8 Å². The molecule has 1 fully saturated rings. The van der Waals surface area contributed by atoms with Gasteiger partial charge in [0, 0.05) is 33.6 Å². The van der Waals surface area contributed by atoms with Crippen LogP contribution in [0.15, 0.2) is 41.0 Å². The molecule has 0 aromatic heterocycles. The predicted molar refractivity (Wildman–Crippen MR) is 117 cm³/mol. The van der Waals surface area contributed by atoms with Crippen LogP contribution in [0.4, 0.5) is 0 Å². The Morgan fingerprint density at radius 2 is 1.88 bits per heavy atom. The minimum atomic E-state index is -3.82. The molecular weight excluding hydrogens is 436 g/mol. The maximum Gasteiger partial charge on any atom is 0.288 e. The highest BCUT2D eigenvalue weighted by Gasteiger charge is 2.37. The van der Waals surface area contributed by atoms with Gasteiger partial charge in [-0.2, -0.15) is 4.31 Å². The van der Waals surface area contributed by atoms with Gasteiger partial charge in [-0.05, 0) is 55.0 Å². The van der Waals surface area contributed by atoms with Gasteiger partial charge in [0.05, 0.1) is 25.2 Å². The maximum absolute atomic E-state index is 13.0. The Hall–Kier alpha value is -2.14. The monoisotopic (exact) mass is 468 g/mol. The number of hydrogen-bond donors (Lipinski definition) is 1. The van der Waals surface area contributed by atoms with E-state index in [1.165, 1.54) is 28.4 Å². The third kappa shape index (κ3) is 6.00. The Morgan fingerprint density at radius 3 is 2.44 bits per heavy atom. The molecule has 1 aromatic rings. The van der Waals surface area contributed by atoms with Crippen LogP contribution in [0.3, 0.4) is 0 Å². The van der Waals surface area contributed by atoms with E-state index in [1.54, 1.807) is 26.2 Å². The molecule has 1 aromatic carbocycles. The first kappa shape index (κ1) is 24.5. The number of hydrogen-bond acceptors (Lipinski definition) is 7. The lowest BCUT2D eigenvalue weighted by molar-refractivity contribution is -0.154. The topological polar surface area (TPSA) is 106 Å². The second kappa shape index (κ2) is 10.7. The standard InChI is InChI=1S/C22H32N2O7S/c1-23(2)22(26)20-14-17(16-4-5-16)15-21(31-20)30-13-11-24(10-12-25)32(27,28)19-8-6-18(29-3)7-9-19/h6-9,14,16-17,21,25H,4-5,10-13,15H2,1-3H3/t17-,21+/m0/s1. The number of carbonyl (C=O) groups is 1. The number of benzene rings is 1. The zero-order valence-corrected chi connectivity index (χ0v) is 19.6. The van der Waals surface area contributed by atoms with Crippen molar-refractivity contribution < 1.29 is 32.5 Å². The Balaban J connectivity index is 1.63. The zero-order chi connectivity index (χ0) is 23.3. The van der Waals surface area contributed by atoms with Crippen LogP contribution in [-0.2, 0) is 24.3 Å². The van der Waals surface area contributed by atoms with Gasteiger partial charge in [-0.15, -0.1) is 0 Å². The third-order valence-electron chi connectivity index (χ3n) is 5.62. The molecule has 1 amide bonds. The van der Waals surface area contributed by atoms with Gasteiger partial charge in [-0.25, -0.2) is 8.42 Å². The fraction of sp³-hybridized carbons (Fsp3) is 0.591. The molecule has 2 aliphatic rings. The normalized spacial score (nSPS) is 21.1. The van der Waals surface area contributed by atoms with E-state index < -0.39 is 16.3 Å². The zero-order valence-electron chi connectivity index (χ0n) is 18.8. The molecule has 2 atom stereocenters. The Morgan fingerprint density at radius 1 is 1.19 bits per heavy atom. The molecule has 1 N–H and O–H groups in total. The largest absolute Gasteiger partial charge is 0.497 e. The number of methoxy groups -OCH3 is 1. The molecule has 0 bridgehead atoms. The lowest BCUT2D eigenvalue weighted by Gasteiger charge is -2.30. The van der Waals surface area contributed by atoms with Crippen molar-refractivity contribution in [3.8, 4) is 5.75 Å². The van der Waals surface area contributed by atoms with Crippen LogP contribution in [0.25, 0.3) is 0 Å². The van der Waals surface area contributed by atoms with Crippen LogP contribution in [0, 0.1) is 11.8 Å². The molecule has 9 nitrogen and oxygen atoms in total. The van der Waals surface area contributed by atoms with Crippen LogP contribution < -0.4 is 4.74 Å². The summed E-state index contributed by atoms with van der Waals surface area (Å²) in [6, 6.07) is 6.08. The van der Waals surface area contributed by atoms with Crippen molar-refractivity contribution in [3.05, 3.63) is 36.1 Å². The summed E-state index contributed by atoms with van der Waals surface area (Å²) >= 11 is 0. The molecule has 1 aliphatic heterocycles. The molecule has 178 valence electrons. The van der Waals surface area contributed by atoms with Crippen molar-refractivity contribution in [1.82, 2.24) is 9.21 Å². The van der Waals surface area contributed by atoms with Crippen LogP contribution in [0.2, 0.25) is 0 Å². The van der Waals surface area contributed by atoms with Crippen molar-refractivity contribution in [1.29, 1.82) is 0 Å². The number of rotatable bonds is 11. The van der Waals surface area contributed by atoms with E-state index in [9.17, 15) is 18.3 Å². The summed E-state index contributed by atoms with van der Waals surface area (Å²) in [7, 11) is 1.02. The van der Waals surface area contributed by atoms with Crippen molar-refractivity contribution in [3.63, 3.8) is 0 Å². The average Bonchev–Trinajstić information content (AvgIpc) is 3.63. The van der Waals surface area contributed by atoms with Gasteiger partial charge >= 0.3 is 0 Å². The van der Waals surface area contributed by atoms with E-state index in [0.717, 1.165) is 12.8 Å². The van der Waals surface area contributed by atoms with Crippen LogP contribution >= 0.6 is 0 Å². The minimum Gasteiger partial charge on any atom is -0.497 e. The molecule has 0 spiro atoms. The molecule has 0 saturated heterocycles. The fourth-order valence-corrected chi connectivity index (χ4v) is 5.07. The van der Waals surface area contributed by atoms with Crippen LogP contribution in [0.5, 0.6) is 5.75 Å². The first-order chi connectivity index (χ1) is 15.3. The fourth-order valence-electron chi connectivity index (χ4n) is 3.66. The van der Waals surface area contributed by atoms with E-state index in [2.05, 4.69) is 0 Å². The molecule has 1 heterocycles. The summed E-state index contributed by atoms with van der Waals surface area (Å²) in [6.07, 6.45) is 4.15. The SMILES string of the molecule is COc1ccc(S(=O)(=O)N(CCO)CCO[C@H]2C[C@@H](C3CC3)C=C(C(=O)N(C)C)O2)cc1. The maximum atomic E-state index is 13.0. The van der Waals surface area contributed by atoms with Crippen LogP contribution in [-0.4, -0.2) is 82.4 Å². The van der Waals surface area contributed by atoms with Gasteiger partial charge in [-0.3, -0.25) is 4.79 Å². The molecule has 10 heteroatoms. The summed E-state index contributed by atoms with van der Waals surface area (Å²) in [5.41, 5.74) is 0. The summed E-state index contributed by atoms with van der Waals surface area (Å²) in [5, 5.41) is 9.39. The lowest BCUT2D eigenvalue weighted by atomic mass is 9.96. The van der Waals surface area contributed by atoms with Gasteiger partial charge in [-0.1, -0.05) is 0 Å². The van der Waals surface area contributed by atoms with Gasteiger partial charge in [0.25, 0.3) is 5.91 Å². The molecule has 32 heavy (non-hydrogen) atoms. The number of likely N-dealkylation sites (N-methyl/N-ethyl adjacent to an activating group) is 1. The third-order valence-corrected chi connectivity index (χ3v) is 7.54. The van der Waals surface area contributed by atoms with Gasteiger partial charge in [0.15, 0.2) is 5.76 Å². The highest BCUT2D eigenvalue weighted by atomic mass is 32.2. The summed E-state index contributed by atoms with van der Waals surface area (Å²) in [4.78, 5) is 14.0.